The van der Waals surface area contributed by atoms with Gasteiger partial charge in [-0.1, -0.05) is 0 Å². The summed E-state index contributed by atoms with van der Waals surface area (Å²) in [5.74, 6) is 1.67. The van der Waals surface area contributed by atoms with Gasteiger partial charge in [0, 0.05) is 23.9 Å². The van der Waals surface area contributed by atoms with E-state index in [2.05, 4.69) is 15.3 Å². The van der Waals surface area contributed by atoms with E-state index >= 15 is 0 Å². The van der Waals surface area contributed by atoms with Gasteiger partial charge in [-0.3, -0.25) is 0 Å². The fourth-order valence-electron chi connectivity index (χ4n) is 1.25. The molecule has 2 heterocycles. The van der Waals surface area contributed by atoms with Gasteiger partial charge in [0.1, 0.15) is 5.76 Å². The summed E-state index contributed by atoms with van der Waals surface area (Å²) in [5.41, 5.74) is 1.09. The quantitative estimate of drug-likeness (QED) is 0.778. The summed E-state index contributed by atoms with van der Waals surface area (Å²) < 4.78 is 5.38. The zero-order chi connectivity index (χ0) is 9.97. The third-order valence-electron chi connectivity index (χ3n) is 1.89. The van der Waals surface area contributed by atoms with Crippen molar-refractivity contribution in [3.8, 4) is 0 Å². The fraction of sp³-hybridized carbons (Fsp3) is 0.400. The summed E-state index contributed by atoms with van der Waals surface area (Å²) in [6, 6.07) is 0. The Balaban J connectivity index is 1.94. The molecule has 0 bridgehead atoms. The lowest BCUT2D eigenvalue weighted by molar-refractivity contribution is 0.470. The number of hydrogen-bond donors (Lipinski definition) is 0. The van der Waals surface area contributed by atoms with Crippen molar-refractivity contribution < 1.29 is 4.42 Å². The minimum Gasteiger partial charge on any atom is -0.446 e. The first kappa shape index (κ1) is 9.40. The van der Waals surface area contributed by atoms with Crippen molar-refractivity contribution in [2.24, 2.45) is 0 Å². The van der Waals surface area contributed by atoms with Crippen LogP contribution in [0.5, 0.6) is 0 Å². The smallest absolute Gasteiger partial charge is 0.194 e. The summed E-state index contributed by atoms with van der Waals surface area (Å²) >= 11 is 1.70. The maximum atomic E-state index is 5.38. The average molecular weight is 208 g/mol. The van der Waals surface area contributed by atoms with E-state index < -0.39 is 0 Å². The number of aromatic nitrogens is 2. The molecule has 0 atom stereocenters. The second kappa shape index (κ2) is 3.92. The van der Waals surface area contributed by atoms with Crippen LogP contribution in [0.2, 0.25) is 0 Å². The Bertz CT molecular complexity index is 379. The van der Waals surface area contributed by atoms with E-state index in [4.69, 9.17) is 4.42 Å². The number of aryl methyl sites for hydroxylation is 4. The fourth-order valence-corrected chi connectivity index (χ4v) is 2.02. The highest BCUT2D eigenvalue weighted by Crippen LogP contribution is 2.12. The maximum Gasteiger partial charge on any atom is 0.194 e. The molecular formula is C10H12N2OS. The van der Waals surface area contributed by atoms with Crippen LogP contribution in [0.1, 0.15) is 22.4 Å². The molecule has 0 amide bonds. The van der Waals surface area contributed by atoms with Gasteiger partial charge in [0.15, 0.2) is 5.89 Å². The van der Waals surface area contributed by atoms with Gasteiger partial charge in [-0.15, -0.1) is 11.3 Å². The number of hydrogen-bond acceptors (Lipinski definition) is 4. The van der Waals surface area contributed by atoms with Crippen LogP contribution in [0.3, 0.4) is 0 Å². The summed E-state index contributed by atoms with van der Waals surface area (Å²) in [7, 11) is 0. The lowest BCUT2D eigenvalue weighted by Crippen LogP contribution is -1.90. The zero-order valence-electron chi connectivity index (χ0n) is 8.28. The van der Waals surface area contributed by atoms with Crippen LogP contribution >= 0.6 is 11.3 Å². The molecule has 0 aliphatic heterocycles. The van der Waals surface area contributed by atoms with E-state index in [0.717, 1.165) is 35.2 Å². The van der Waals surface area contributed by atoms with Gasteiger partial charge >= 0.3 is 0 Å². The molecular weight excluding hydrogens is 196 g/mol. The van der Waals surface area contributed by atoms with Crippen LogP contribution in [-0.4, -0.2) is 9.97 Å². The molecule has 0 N–H and O–H groups in total. The van der Waals surface area contributed by atoms with Crippen molar-refractivity contribution in [3.63, 3.8) is 0 Å². The van der Waals surface area contributed by atoms with Gasteiger partial charge in [-0.05, 0) is 13.8 Å². The van der Waals surface area contributed by atoms with E-state index in [1.54, 1.807) is 17.5 Å². The molecule has 0 aliphatic carbocycles. The first-order chi connectivity index (χ1) is 6.74. The number of oxazole rings is 1. The molecule has 2 aromatic rings. The molecule has 0 saturated carbocycles. The Morgan fingerprint density at radius 2 is 2.21 bits per heavy atom. The van der Waals surface area contributed by atoms with Crippen LogP contribution in [0, 0.1) is 13.8 Å². The molecule has 0 unspecified atom stereocenters. The number of thiazole rings is 1. The first-order valence-corrected chi connectivity index (χ1v) is 5.44. The molecule has 0 saturated heterocycles. The maximum absolute atomic E-state index is 5.38. The summed E-state index contributed by atoms with van der Waals surface area (Å²) in [6.45, 7) is 3.92. The van der Waals surface area contributed by atoms with Crippen molar-refractivity contribution in [3.05, 3.63) is 33.9 Å². The van der Waals surface area contributed by atoms with Crippen molar-refractivity contribution >= 4 is 11.3 Å². The third kappa shape index (κ3) is 2.20. The molecule has 0 aliphatic rings. The monoisotopic (exact) mass is 208 g/mol. The SMILES string of the molecule is Cc1csc(CCc2ncc(C)o2)n1. The molecule has 0 aromatic carbocycles. The largest absolute Gasteiger partial charge is 0.446 e. The van der Waals surface area contributed by atoms with Crippen molar-refractivity contribution in [1.82, 2.24) is 9.97 Å². The van der Waals surface area contributed by atoms with Crippen LogP contribution in [0.25, 0.3) is 0 Å². The van der Waals surface area contributed by atoms with E-state index in [0.29, 0.717) is 0 Å². The normalized spacial score (nSPS) is 10.7. The molecule has 0 spiro atoms. The molecule has 14 heavy (non-hydrogen) atoms. The van der Waals surface area contributed by atoms with Gasteiger partial charge in [0.2, 0.25) is 0 Å². The summed E-state index contributed by atoms with van der Waals surface area (Å²) in [4.78, 5) is 8.53. The Kier molecular flexibility index (Phi) is 2.63. The molecule has 74 valence electrons. The standard InChI is InChI=1S/C10H12N2OS/c1-7-6-14-10(12-7)4-3-9-11-5-8(2)13-9/h5-6H,3-4H2,1-2H3. The van der Waals surface area contributed by atoms with Gasteiger partial charge in [-0.25, -0.2) is 9.97 Å². The molecule has 3 nitrogen and oxygen atoms in total. The second-order valence-electron chi connectivity index (χ2n) is 3.25. The van der Waals surface area contributed by atoms with Crippen molar-refractivity contribution in [2.75, 3.05) is 0 Å². The van der Waals surface area contributed by atoms with Crippen LogP contribution < -0.4 is 0 Å². The summed E-state index contributed by atoms with van der Waals surface area (Å²) in [6.07, 6.45) is 3.50. The van der Waals surface area contributed by atoms with Gasteiger partial charge in [0.25, 0.3) is 0 Å². The highest BCUT2D eigenvalue weighted by Gasteiger charge is 2.03. The Hall–Kier alpha value is -1.16. The first-order valence-electron chi connectivity index (χ1n) is 4.56. The molecule has 4 heteroatoms. The number of rotatable bonds is 3. The Morgan fingerprint density at radius 1 is 1.36 bits per heavy atom. The minimum atomic E-state index is 0.801. The lowest BCUT2D eigenvalue weighted by atomic mass is 10.3. The minimum absolute atomic E-state index is 0.801. The highest BCUT2D eigenvalue weighted by atomic mass is 32.1. The second-order valence-corrected chi connectivity index (χ2v) is 4.19. The van der Waals surface area contributed by atoms with Gasteiger partial charge in [0.05, 0.1) is 11.2 Å². The Labute approximate surface area is 86.8 Å². The van der Waals surface area contributed by atoms with Gasteiger partial charge in [-0.2, -0.15) is 0 Å². The van der Waals surface area contributed by atoms with Crippen molar-refractivity contribution in [2.45, 2.75) is 26.7 Å². The molecule has 0 fully saturated rings. The molecule has 2 aromatic heterocycles. The van der Waals surface area contributed by atoms with Crippen molar-refractivity contribution in [1.29, 1.82) is 0 Å². The van der Waals surface area contributed by atoms with Gasteiger partial charge < -0.3 is 4.42 Å². The topological polar surface area (TPSA) is 38.9 Å². The zero-order valence-corrected chi connectivity index (χ0v) is 9.10. The van der Waals surface area contributed by atoms with Crippen LogP contribution in [0.4, 0.5) is 0 Å². The van der Waals surface area contributed by atoms with E-state index in [1.807, 2.05) is 13.8 Å². The Morgan fingerprint density at radius 3 is 2.79 bits per heavy atom. The molecule has 0 radical (unpaired) electrons. The lowest BCUT2D eigenvalue weighted by Gasteiger charge is -1.91. The average Bonchev–Trinajstić information content (AvgIpc) is 2.72. The third-order valence-corrected chi connectivity index (χ3v) is 2.91. The van der Waals surface area contributed by atoms with E-state index in [1.165, 1.54) is 0 Å². The van der Waals surface area contributed by atoms with Crippen LogP contribution in [-0.2, 0) is 12.8 Å². The number of nitrogens with zero attached hydrogens (tertiary/aromatic N) is 2. The van der Waals surface area contributed by atoms with Crippen LogP contribution in [0.15, 0.2) is 16.0 Å². The molecule has 2 rings (SSSR count). The predicted molar refractivity (Wildman–Crippen MR) is 55.5 cm³/mol. The highest BCUT2D eigenvalue weighted by molar-refractivity contribution is 7.09. The van der Waals surface area contributed by atoms with E-state index in [9.17, 15) is 0 Å². The summed E-state index contributed by atoms with van der Waals surface area (Å²) in [5, 5.41) is 3.22. The van der Waals surface area contributed by atoms with E-state index in [-0.39, 0.29) is 0 Å². The predicted octanol–water partition coefficient (Wildman–Crippen LogP) is 2.53.